The van der Waals surface area contributed by atoms with Crippen LogP contribution in [-0.4, -0.2) is 67.9 Å². The van der Waals surface area contributed by atoms with Crippen LogP contribution in [-0.2, 0) is 6.42 Å². The first-order valence-electron chi connectivity index (χ1n) is 9.33. The summed E-state index contributed by atoms with van der Waals surface area (Å²) in [6.45, 7) is 6.78. The molecule has 1 fully saturated rings. The normalized spacial score (nSPS) is 15.6. The molecule has 1 saturated heterocycles. The van der Waals surface area contributed by atoms with Gasteiger partial charge in [-0.2, -0.15) is 0 Å². The molecule has 3 rings (SSSR count). The number of piperazine rings is 1. The van der Waals surface area contributed by atoms with Gasteiger partial charge in [-0.15, -0.1) is 0 Å². The van der Waals surface area contributed by atoms with Gasteiger partial charge >= 0.3 is 0 Å². The van der Waals surface area contributed by atoms with Gasteiger partial charge in [-0.05, 0) is 36.2 Å². The third-order valence-electron chi connectivity index (χ3n) is 4.93. The van der Waals surface area contributed by atoms with Gasteiger partial charge in [-0.1, -0.05) is 29.8 Å². The fourth-order valence-electron chi connectivity index (χ4n) is 3.25. The van der Waals surface area contributed by atoms with Crippen molar-refractivity contribution in [3.05, 3.63) is 53.1 Å². The quantitative estimate of drug-likeness (QED) is 0.749. The molecule has 0 unspecified atom stereocenters. The Hall–Kier alpha value is -1.95. The smallest absolute Gasteiger partial charge is 0.160 e. The molecule has 0 aliphatic carbocycles. The van der Waals surface area contributed by atoms with Crippen molar-refractivity contribution >= 4 is 11.6 Å². The first kappa shape index (κ1) is 19.8. The van der Waals surface area contributed by atoms with Crippen molar-refractivity contribution in [3.63, 3.8) is 0 Å². The number of rotatable bonds is 8. The van der Waals surface area contributed by atoms with Gasteiger partial charge in [0.05, 0.1) is 12.1 Å². The van der Waals surface area contributed by atoms with E-state index in [2.05, 4.69) is 9.80 Å². The molecule has 0 aromatic heterocycles. The van der Waals surface area contributed by atoms with E-state index in [1.807, 2.05) is 36.4 Å². The molecule has 5 nitrogen and oxygen atoms in total. The van der Waals surface area contributed by atoms with Gasteiger partial charge in [0.2, 0.25) is 0 Å². The first-order valence-corrected chi connectivity index (χ1v) is 9.71. The Labute approximate surface area is 166 Å². The van der Waals surface area contributed by atoms with Crippen LogP contribution in [0.2, 0.25) is 5.02 Å². The average molecular weight is 391 g/mol. The van der Waals surface area contributed by atoms with Gasteiger partial charge in [-0.3, -0.25) is 4.90 Å². The molecule has 6 heteroatoms. The van der Waals surface area contributed by atoms with Crippen molar-refractivity contribution in [3.8, 4) is 17.2 Å². The minimum atomic E-state index is 0.189. The summed E-state index contributed by atoms with van der Waals surface area (Å²) in [7, 11) is 1.58. The van der Waals surface area contributed by atoms with Gasteiger partial charge < -0.3 is 19.5 Å². The molecule has 1 aliphatic rings. The zero-order valence-corrected chi connectivity index (χ0v) is 16.5. The second-order valence-electron chi connectivity index (χ2n) is 6.72. The summed E-state index contributed by atoms with van der Waals surface area (Å²) in [5.41, 5.74) is 1.18. The third-order valence-corrected chi connectivity index (χ3v) is 5.24. The van der Waals surface area contributed by atoms with Crippen LogP contribution in [0.1, 0.15) is 5.56 Å². The lowest BCUT2D eigenvalue weighted by Gasteiger charge is -2.34. The Kier molecular flexibility index (Phi) is 7.21. The molecule has 0 spiro atoms. The number of para-hydroxylation sites is 1. The highest BCUT2D eigenvalue weighted by molar-refractivity contribution is 6.32. The maximum atomic E-state index is 9.68. The van der Waals surface area contributed by atoms with E-state index >= 15 is 0 Å². The Morgan fingerprint density at radius 3 is 2.37 bits per heavy atom. The predicted molar refractivity (Wildman–Crippen MR) is 108 cm³/mol. The van der Waals surface area contributed by atoms with Gasteiger partial charge in [0.1, 0.15) is 12.4 Å². The van der Waals surface area contributed by atoms with Crippen LogP contribution < -0.4 is 9.47 Å². The Morgan fingerprint density at radius 1 is 0.963 bits per heavy atom. The van der Waals surface area contributed by atoms with E-state index in [1.165, 1.54) is 5.56 Å². The molecule has 0 saturated carbocycles. The molecule has 1 N–H and O–H groups in total. The molecule has 1 heterocycles. The van der Waals surface area contributed by atoms with E-state index in [4.69, 9.17) is 21.1 Å². The zero-order valence-electron chi connectivity index (χ0n) is 15.7. The lowest BCUT2D eigenvalue weighted by Crippen LogP contribution is -2.47. The molecule has 146 valence electrons. The fraction of sp³-hybridized carbons (Fsp3) is 0.429. The lowest BCUT2D eigenvalue weighted by atomic mass is 10.1. The van der Waals surface area contributed by atoms with E-state index in [0.29, 0.717) is 17.4 Å². The van der Waals surface area contributed by atoms with E-state index in [9.17, 15) is 5.11 Å². The number of halogens is 1. The number of methoxy groups -OCH3 is 1. The summed E-state index contributed by atoms with van der Waals surface area (Å²) in [6, 6.07) is 13.2. The first-order chi connectivity index (χ1) is 13.2. The topological polar surface area (TPSA) is 45.2 Å². The van der Waals surface area contributed by atoms with Gasteiger partial charge in [0.25, 0.3) is 0 Å². The van der Waals surface area contributed by atoms with E-state index in [-0.39, 0.29) is 5.75 Å². The Morgan fingerprint density at radius 2 is 1.67 bits per heavy atom. The summed E-state index contributed by atoms with van der Waals surface area (Å²) in [5.74, 6) is 1.48. The monoisotopic (exact) mass is 390 g/mol. The molecular formula is C21H27ClN2O3. The maximum Gasteiger partial charge on any atom is 0.160 e. The molecule has 2 aromatic rings. The zero-order chi connectivity index (χ0) is 19.1. The van der Waals surface area contributed by atoms with Crippen molar-refractivity contribution in [1.82, 2.24) is 9.80 Å². The molecule has 0 bridgehead atoms. The van der Waals surface area contributed by atoms with Crippen LogP contribution in [0.25, 0.3) is 0 Å². The molecule has 0 amide bonds. The van der Waals surface area contributed by atoms with E-state index < -0.39 is 0 Å². The highest BCUT2D eigenvalue weighted by Crippen LogP contribution is 2.26. The van der Waals surface area contributed by atoms with Crippen LogP contribution in [0, 0.1) is 0 Å². The highest BCUT2D eigenvalue weighted by Gasteiger charge is 2.16. The molecule has 0 radical (unpaired) electrons. The predicted octanol–water partition coefficient (Wildman–Crippen LogP) is 3.29. The van der Waals surface area contributed by atoms with Crippen molar-refractivity contribution < 1.29 is 14.6 Å². The minimum absolute atomic E-state index is 0.189. The lowest BCUT2D eigenvalue weighted by molar-refractivity contribution is 0.118. The largest absolute Gasteiger partial charge is 0.504 e. The minimum Gasteiger partial charge on any atom is -0.504 e. The van der Waals surface area contributed by atoms with Crippen molar-refractivity contribution in [1.29, 1.82) is 0 Å². The number of phenolic OH excluding ortho intramolecular Hbond substituents is 1. The number of phenols is 1. The standard InChI is InChI=1S/C21H27ClN2O3/c1-26-21-16-17(6-7-19(21)25)8-9-23-10-12-24(13-11-23)14-15-27-20-5-3-2-4-18(20)22/h2-7,16,25H,8-15H2,1H3. The van der Waals surface area contributed by atoms with Crippen LogP contribution in [0.15, 0.2) is 42.5 Å². The summed E-state index contributed by atoms with van der Waals surface area (Å²) >= 11 is 6.11. The second-order valence-corrected chi connectivity index (χ2v) is 7.13. The summed E-state index contributed by atoms with van der Waals surface area (Å²) < 4.78 is 11.0. The Bertz CT molecular complexity index is 733. The van der Waals surface area contributed by atoms with E-state index in [1.54, 1.807) is 13.2 Å². The summed E-state index contributed by atoms with van der Waals surface area (Å²) in [4.78, 5) is 4.90. The number of aromatic hydroxyl groups is 1. The maximum absolute atomic E-state index is 9.68. The van der Waals surface area contributed by atoms with Gasteiger partial charge in [-0.25, -0.2) is 0 Å². The van der Waals surface area contributed by atoms with Crippen LogP contribution in [0.5, 0.6) is 17.2 Å². The van der Waals surface area contributed by atoms with Crippen LogP contribution >= 0.6 is 11.6 Å². The molecular weight excluding hydrogens is 364 g/mol. The van der Waals surface area contributed by atoms with Gasteiger partial charge in [0.15, 0.2) is 11.5 Å². The molecule has 0 atom stereocenters. The highest BCUT2D eigenvalue weighted by atomic mass is 35.5. The second kappa shape index (κ2) is 9.83. The number of ether oxygens (including phenoxy) is 2. The average Bonchev–Trinajstić information content (AvgIpc) is 2.70. The van der Waals surface area contributed by atoms with Crippen LogP contribution in [0.3, 0.4) is 0 Å². The van der Waals surface area contributed by atoms with E-state index in [0.717, 1.165) is 51.4 Å². The third kappa shape index (κ3) is 5.76. The summed E-state index contributed by atoms with van der Waals surface area (Å²) in [6.07, 6.45) is 0.951. The number of hydrogen-bond donors (Lipinski definition) is 1. The molecule has 27 heavy (non-hydrogen) atoms. The fourth-order valence-corrected chi connectivity index (χ4v) is 3.44. The van der Waals surface area contributed by atoms with Crippen molar-refractivity contribution in [2.75, 3.05) is 53.0 Å². The number of benzene rings is 2. The number of hydrogen-bond acceptors (Lipinski definition) is 5. The van der Waals surface area contributed by atoms with Gasteiger partial charge in [0, 0.05) is 39.3 Å². The van der Waals surface area contributed by atoms with Crippen molar-refractivity contribution in [2.45, 2.75) is 6.42 Å². The summed E-state index contributed by atoms with van der Waals surface area (Å²) in [5, 5.41) is 10.3. The van der Waals surface area contributed by atoms with Crippen molar-refractivity contribution in [2.24, 2.45) is 0 Å². The number of nitrogens with zero attached hydrogens (tertiary/aromatic N) is 2. The molecule has 1 aliphatic heterocycles. The SMILES string of the molecule is COc1cc(CCN2CCN(CCOc3ccccc3Cl)CC2)ccc1O. The Balaban J connectivity index is 1.36. The molecule has 2 aromatic carbocycles. The van der Waals surface area contributed by atoms with Crippen LogP contribution in [0.4, 0.5) is 0 Å².